The van der Waals surface area contributed by atoms with Gasteiger partial charge in [-0.25, -0.2) is 15.0 Å². The van der Waals surface area contributed by atoms with Crippen molar-refractivity contribution in [3.8, 4) is 6.19 Å². The number of hydrogen-bond donors (Lipinski definition) is 2. The molecule has 3 heterocycles. The van der Waals surface area contributed by atoms with Crippen LogP contribution in [0.5, 0.6) is 0 Å². The first-order valence-electron chi connectivity index (χ1n) is 9.66. The molecule has 9 heteroatoms. The van der Waals surface area contributed by atoms with Crippen molar-refractivity contribution in [3.05, 3.63) is 40.6 Å². The standard InChI is InChI=1S/C20H23BrN8/c1-13-9-23-18-17(13)19(26-12-25-18)28-6-7-29(14(2)10-28)20(24-11-22)27-16-5-3-4-15(21)8-16/h3-5,8,12-14H,6-7,9-10H2,1-2H3,(H,24,27)(H,23,25,26)/t13?,14-/m0/s1. The maximum atomic E-state index is 9.24. The highest BCUT2D eigenvalue weighted by molar-refractivity contribution is 9.10. The lowest BCUT2D eigenvalue weighted by Crippen LogP contribution is -2.57. The Morgan fingerprint density at radius 2 is 2.21 bits per heavy atom. The van der Waals surface area contributed by atoms with Gasteiger partial charge in [0.1, 0.15) is 18.0 Å². The third-order valence-corrected chi connectivity index (χ3v) is 5.83. The molecule has 4 rings (SSSR count). The third kappa shape index (κ3) is 3.98. The first-order valence-corrected chi connectivity index (χ1v) is 10.5. The number of aliphatic imine (C=N–C) groups is 1. The number of rotatable bonds is 2. The number of hydrogen-bond acceptors (Lipinski definition) is 6. The molecule has 29 heavy (non-hydrogen) atoms. The van der Waals surface area contributed by atoms with Crippen molar-refractivity contribution in [1.29, 1.82) is 5.26 Å². The minimum absolute atomic E-state index is 0.158. The van der Waals surface area contributed by atoms with Crippen LogP contribution in [0, 0.1) is 11.5 Å². The molecule has 0 aliphatic carbocycles. The van der Waals surface area contributed by atoms with Crippen LogP contribution in [0.4, 0.5) is 17.3 Å². The van der Waals surface area contributed by atoms with Crippen LogP contribution >= 0.6 is 15.9 Å². The summed E-state index contributed by atoms with van der Waals surface area (Å²) < 4.78 is 0.952. The van der Waals surface area contributed by atoms with Crippen molar-refractivity contribution in [1.82, 2.24) is 20.2 Å². The van der Waals surface area contributed by atoms with Crippen LogP contribution in [0.3, 0.4) is 0 Å². The van der Waals surface area contributed by atoms with Crippen molar-refractivity contribution in [2.75, 3.05) is 36.4 Å². The number of nitrogens with one attached hydrogen (secondary N) is 2. The van der Waals surface area contributed by atoms with Crippen molar-refractivity contribution in [2.45, 2.75) is 25.8 Å². The molecule has 0 radical (unpaired) electrons. The lowest BCUT2D eigenvalue weighted by molar-refractivity contribution is 0.291. The lowest BCUT2D eigenvalue weighted by atomic mass is 10.0. The molecule has 1 fully saturated rings. The van der Waals surface area contributed by atoms with Crippen LogP contribution in [0.1, 0.15) is 25.3 Å². The molecule has 1 aromatic carbocycles. The summed E-state index contributed by atoms with van der Waals surface area (Å²) in [5.74, 6) is 2.92. The number of nitriles is 1. The summed E-state index contributed by atoms with van der Waals surface area (Å²) in [6, 6.07) is 7.89. The van der Waals surface area contributed by atoms with Gasteiger partial charge in [-0.3, -0.25) is 5.32 Å². The smallest absolute Gasteiger partial charge is 0.212 e. The van der Waals surface area contributed by atoms with Gasteiger partial charge < -0.3 is 15.1 Å². The lowest BCUT2D eigenvalue weighted by Gasteiger charge is -2.41. The van der Waals surface area contributed by atoms with Gasteiger partial charge in [-0.15, -0.1) is 0 Å². The largest absolute Gasteiger partial charge is 0.369 e. The van der Waals surface area contributed by atoms with E-state index >= 15 is 0 Å². The molecule has 150 valence electrons. The molecule has 0 spiro atoms. The van der Waals surface area contributed by atoms with E-state index in [0.29, 0.717) is 11.9 Å². The van der Waals surface area contributed by atoms with Gasteiger partial charge in [0.05, 0.1) is 5.69 Å². The molecule has 8 nitrogen and oxygen atoms in total. The SMILES string of the molecule is CC1CNc2ncnc(N3CCN(C(=Nc4cccc(Br)c4)NC#N)[C@@H](C)C3)c21. The van der Waals surface area contributed by atoms with E-state index in [1.54, 1.807) is 6.33 Å². The normalized spacial score (nSPS) is 21.4. The van der Waals surface area contributed by atoms with Gasteiger partial charge in [-0.05, 0) is 25.1 Å². The van der Waals surface area contributed by atoms with E-state index in [2.05, 4.69) is 65.2 Å². The van der Waals surface area contributed by atoms with Crippen molar-refractivity contribution in [2.24, 2.45) is 4.99 Å². The van der Waals surface area contributed by atoms with Gasteiger partial charge in [-0.2, -0.15) is 5.26 Å². The van der Waals surface area contributed by atoms with Gasteiger partial charge in [0.15, 0.2) is 6.19 Å². The average Bonchev–Trinajstić information content (AvgIpc) is 3.09. The first-order chi connectivity index (χ1) is 14.1. The number of piperazine rings is 1. The zero-order chi connectivity index (χ0) is 20.4. The van der Waals surface area contributed by atoms with Gasteiger partial charge in [0, 0.05) is 48.2 Å². The number of aromatic nitrogens is 2. The Kier molecular flexibility index (Phi) is 5.53. The van der Waals surface area contributed by atoms with Gasteiger partial charge in [0.25, 0.3) is 0 Å². The van der Waals surface area contributed by atoms with E-state index in [4.69, 9.17) is 0 Å². The molecule has 0 saturated carbocycles. The number of halogens is 1. The second kappa shape index (κ2) is 8.25. The predicted octanol–water partition coefficient (Wildman–Crippen LogP) is 3.04. The first kappa shape index (κ1) is 19.5. The minimum atomic E-state index is 0.158. The van der Waals surface area contributed by atoms with Crippen LogP contribution in [0.25, 0.3) is 0 Å². The monoisotopic (exact) mass is 454 g/mol. The summed E-state index contributed by atoms with van der Waals surface area (Å²) in [4.78, 5) is 18.1. The van der Waals surface area contributed by atoms with Crippen LogP contribution < -0.4 is 15.5 Å². The van der Waals surface area contributed by atoms with Crippen molar-refractivity contribution < 1.29 is 0 Å². The molecular weight excluding hydrogens is 432 g/mol. The molecule has 0 bridgehead atoms. The molecular formula is C20H23BrN8. The molecule has 2 atom stereocenters. The number of nitrogens with zero attached hydrogens (tertiary/aromatic N) is 6. The van der Waals surface area contributed by atoms with E-state index in [0.717, 1.165) is 48.0 Å². The second-order valence-corrected chi connectivity index (χ2v) is 8.30. The molecule has 0 amide bonds. The zero-order valence-electron chi connectivity index (χ0n) is 16.4. The summed E-state index contributed by atoms with van der Waals surface area (Å²) in [6.45, 7) is 7.57. The Bertz CT molecular complexity index is 969. The van der Waals surface area contributed by atoms with Crippen LogP contribution in [0.15, 0.2) is 40.1 Å². The van der Waals surface area contributed by atoms with Crippen LogP contribution in [0.2, 0.25) is 0 Å². The van der Waals surface area contributed by atoms with E-state index < -0.39 is 0 Å². The fraction of sp³-hybridized carbons (Fsp3) is 0.400. The Morgan fingerprint density at radius 1 is 1.34 bits per heavy atom. The molecule has 2 aromatic rings. The minimum Gasteiger partial charge on any atom is -0.369 e. The summed E-state index contributed by atoms with van der Waals surface area (Å²) >= 11 is 3.47. The van der Waals surface area contributed by atoms with Crippen LogP contribution in [-0.2, 0) is 0 Å². The topological polar surface area (TPSA) is 92.5 Å². The number of anilines is 2. The maximum Gasteiger partial charge on any atom is 0.212 e. The fourth-order valence-corrected chi connectivity index (χ4v) is 4.32. The Morgan fingerprint density at radius 3 is 2.97 bits per heavy atom. The molecule has 2 aliphatic heterocycles. The van der Waals surface area contributed by atoms with Crippen molar-refractivity contribution in [3.63, 3.8) is 0 Å². The Hall–Kier alpha value is -2.86. The Balaban J connectivity index is 1.56. The highest BCUT2D eigenvalue weighted by Crippen LogP contribution is 2.36. The molecule has 1 saturated heterocycles. The summed E-state index contributed by atoms with van der Waals surface area (Å²) in [6.07, 6.45) is 3.66. The van der Waals surface area contributed by atoms with Gasteiger partial charge >= 0.3 is 0 Å². The molecule has 1 unspecified atom stereocenters. The quantitative estimate of drug-likeness (QED) is 0.311. The van der Waals surface area contributed by atoms with Crippen molar-refractivity contribution >= 4 is 39.2 Å². The summed E-state index contributed by atoms with van der Waals surface area (Å²) in [5.41, 5.74) is 1.99. The van der Waals surface area contributed by atoms with E-state index in [9.17, 15) is 5.26 Å². The Labute approximate surface area is 178 Å². The van der Waals surface area contributed by atoms with E-state index in [1.807, 2.05) is 30.5 Å². The van der Waals surface area contributed by atoms with E-state index in [-0.39, 0.29) is 6.04 Å². The van der Waals surface area contributed by atoms with E-state index in [1.165, 1.54) is 5.56 Å². The highest BCUT2D eigenvalue weighted by Gasteiger charge is 2.31. The number of fused-ring (bicyclic) bond motifs is 1. The summed E-state index contributed by atoms with van der Waals surface area (Å²) in [5, 5.41) is 15.4. The zero-order valence-corrected chi connectivity index (χ0v) is 18.0. The molecule has 2 aliphatic rings. The fourth-order valence-electron chi connectivity index (χ4n) is 3.93. The highest BCUT2D eigenvalue weighted by atomic mass is 79.9. The second-order valence-electron chi connectivity index (χ2n) is 7.38. The van der Waals surface area contributed by atoms with Gasteiger partial charge in [-0.1, -0.05) is 28.9 Å². The van der Waals surface area contributed by atoms with Gasteiger partial charge in [0.2, 0.25) is 5.96 Å². The third-order valence-electron chi connectivity index (χ3n) is 5.34. The summed E-state index contributed by atoms with van der Waals surface area (Å²) in [7, 11) is 0. The molecule has 2 N–H and O–H groups in total. The predicted molar refractivity (Wildman–Crippen MR) is 117 cm³/mol. The number of benzene rings is 1. The van der Waals surface area contributed by atoms with Crippen LogP contribution in [-0.4, -0.2) is 53.0 Å². The number of guanidine groups is 1. The molecule has 1 aromatic heterocycles. The average molecular weight is 455 g/mol. The maximum absolute atomic E-state index is 9.24.